The van der Waals surface area contributed by atoms with E-state index in [1.165, 1.54) is 0 Å². The molecule has 0 aliphatic rings. The molecule has 15 heavy (non-hydrogen) atoms. The van der Waals surface area contributed by atoms with E-state index in [0.717, 1.165) is 15.2 Å². The molecule has 0 saturated carbocycles. The zero-order chi connectivity index (χ0) is 10.1. The molecule has 2 rings (SSSR count). The van der Waals surface area contributed by atoms with Crippen LogP contribution < -0.4 is 29.6 Å². The summed E-state index contributed by atoms with van der Waals surface area (Å²) >= 11 is 1.47. The Bertz CT molecular complexity index is 521. The molecular formula is C10H8BrNaO2S. The minimum Gasteiger partial charge on any atom is -1.00 e. The fourth-order valence-corrected chi connectivity index (χ4v) is 2.09. The largest absolute Gasteiger partial charge is 1.00 e. The molecule has 2 aromatic rings. The standard InChI is InChI=1S/C10H7BrO2S.Na.H/c11-9-3-1-8-6-10(14(12)13)4-2-7(8)5-9;;/h1-6H,(H,12,13);;/q;+1;-1. The second kappa shape index (κ2) is 5.57. The Hall–Kier alpha value is 0.290. The van der Waals surface area contributed by atoms with Gasteiger partial charge in [-0.2, -0.15) is 0 Å². The van der Waals surface area contributed by atoms with Crippen LogP contribution in [-0.4, -0.2) is 8.76 Å². The van der Waals surface area contributed by atoms with Gasteiger partial charge in [0.25, 0.3) is 0 Å². The van der Waals surface area contributed by atoms with Crippen LogP contribution in [0.4, 0.5) is 0 Å². The van der Waals surface area contributed by atoms with Crippen LogP contribution in [0.15, 0.2) is 45.8 Å². The van der Waals surface area contributed by atoms with Crippen LogP contribution in [-0.2, 0) is 11.1 Å². The predicted molar refractivity (Wildman–Crippen MR) is 61.8 cm³/mol. The van der Waals surface area contributed by atoms with Crippen molar-refractivity contribution in [3.05, 3.63) is 40.9 Å². The van der Waals surface area contributed by atoms with E-state index >= 15 is 0 Å². The molecule has 2 nitrogen and oxygen atoms in total. The number of hydrogen-bond donors (Lipinski definition) is 1. The molecule has 0 bridgehead atoms. The Labute approximate surface area is 122 Å². The van der Waals surface area contributed by atoms with Gasteiger partial charge >= 0.3 is 29.6 Å². The third-order valence-corrected chi connectivity index (χ3v) is 3.13. The summed E-state index contributed by atoms with van der Waals surface area (Å²) in [5.74, 6) is 0. The van der Waals surface area contributed by atoms with Crippen molar-refractivity contribution in [1.29, 1.82) is 0 Å². The molecule has 0 amide bonds. The summed E-state index contributed by atoms with van der Waals surface area (Å²) < 4.78 is 20.7. The molecule has 1 N–H and O–H groups in total. The summed E-state index contributed by atoms with van der Waals surface area (Å²) in [7, 11) is 0. The monoisotopic (exact) mass is 294 g/mol. The molecule has 0 saturated heterocycles. The molecule has 0 aromatic heterocycles. The summed E-state index contributed by atoms with van der Waals surface area (Å²) in [6.07, 6.45) is 0. The molecule has 1 atom stereocenters. The SMILES string of the molecule is O=S(O)c1ccc2cc(Br)ccc2c1.[H-].[Na+]. The third kappa shape index (κ3) is 3.12. The van der Waals surface area contributed by atoms with E-state index in [-0.39, 0.29) is 31.0 Å². The summed E-state index contributed by atoms with van der Waals surface area (Å²) in [4.78, 5) is 0.430. The van der Waals surface area contributed by atoms with Gasteiger partial charge in [-0.15, -0.1) is 0 Å². The average Bonchev–Trinajstić information content (AvgIpc) is 2.16. The topological polar surface area (TPSA) is 37.3 Å². The number of benzene rings is 2. The third-order valence-electron chi connectivity index (χ3n) is 1.98. The van der Waals surface area contributed by atoms with Crippen LogP contribution in [0.25, 0.3) is 10.8 Å². The Morgan fingerprint density at radius 3 is 2.40 bits per heavy atom. The number of rotatable bonds is 1. The van der Waals surface area contributed by atoms with Gasteiger partial charge in [-0.1, -0.05) is 28.1 Å². The van der Waals surface area contributed by atoms with Crippen molar-refractivity contribution < 1.29 is 39.7 Å². The van der Waals surface area contributed by atoms with Crippen LogP contribution in [0.3, 0.4) is 0 Å². The zero-order valence-electron chi connectivity index (χ0n) is 9.11. The summed E-state index contributed by atoms with van der Waals surface area (Å²) in [5.41, 5.74) is 0. The normalized spacial score (nSPS) is 12.1. The van der Waals surface area contributed by atoms with E-state index in [4.69, 9.17) is 4.55 Å². The molecule has 74 valence electrons. The van der Waals surface area contributed by atoms with Crippen molar-refractivity contribution in [1.82, 2.24) is 0 Å². The summed E-state index contributed by atoms with van der Waals surface area (Å²) in [5, 5.41) is 2.02. The quantitative estimate of drug-likeness (QED) is 0.607. The number of halogens is 1. The predicted octanol–water partition coefficient (Wildman–Crippen LogP) is 0.299. The van der Waals surface area contributed by atoms with Gasteiger partial charge in [-0.3, -0.25) is 0 Å². The maximum Gasteiger partial charge on any atom is 1.00 e. The minimum atomic E-state index is -1.90. The van der Waals surface area contributed by atoms with E-state index in [0.29, 0.717) is 4.90 Å². The second-order valence-electron chi connectivity index (χ2n) is 2.90. The molecule has 2 aromatic carbocycles. The van der Waals surface area contributed by atoms with Crippen LogP contribution >= 0.6 is 15.9 Å². The molecule has 5 heteroatoms. The Balaban J connectivity index is 0.00000112. The van der Waals surface area contributed by atoms with Crippen molar-refractivity contribution in [2.75, 3.05) is 0 Å². The van der Waals surface area contributed by atoms with E-state index in [1.54, 1.807) is 12.1 Å². The first-order chi connectivity index (χ1) is 6.66. The molecule has 0 aliphatic heterocycles. The molecule has 0 radical (unpaired) electrons. The van der Waals surface area contributed by atoms with E-state index in [1.807, 2.05) is 24.3 Å². The van der Waals surface area contributed by atoms with Crippen molar-refractivity contribution in [3.63, 3.8) is 0 Å². The van der Waals surface area contributed by atoms with Gasteiger partial charge in [0.15, 0.2) is 11.1 Å². The number of fused-ring (bicyclic) bond motifs is 1. The van der Waals surface area contributed by atoms with Gasteiger partial charge in [-0.05, 0) is 35.0 Å². The van der Waals surface area contributed by atoms with Gasteiger partial charge < -0.3 is 5.98 Å². The molecule has 0 fully saturated rings. The zero-order valence-corrected chi connectivity index (χ0v) is 12.5. The Morgan fingerprint density at radius 2 is 1.73 bits per heavy atom. The van der Waals surface area contributed by atoms with Crippen molar-refractivity contribution in [2.24, 2.45) is 0 Å². The van der Waals surface area contributed by atoms with Crippen LogP contribution in [0.2, 0.25) is 0 Å². The first kappa shape index (κ1) is 13.4. The Morgan fingerprint density at radius 1 is 1.13 bits per heavy atom. The maximum absolute atomic E-state index is 10.8. The molecular weight excluding hydrogens is 287 g/mol. The summed E-state index contributed by atoms with van der Waals surface area (Å²) in [6.45, 7) is 0. The van der Waals surface area contributed by atoms with E-state index in [9.17, 15) is 4.21 Å². The van der Waals surface area contributed by atoms with Crippen LogP contribution in [0, 0.1) is 0 Å². The van der Waals surface area contributed by atoms with Gasteiger partial charge in [-0.25, -0.2) is 4.21 Å². The van der Waals surface area contributed by atoms with Crippen LogP contribution in [0.1, 0.15) is 1.43 Å². The maximum atomic E-state index is 10.8. The first-order valence-electron chi connectivity index (χ1n) is 3.97. The molecule has 1 unspecified atom stereocenters. The fraction of sp³-hybridized carbons (Fsp3) is 0. The molecule has 0 heterocycles. The average molecular weight is 295 g/mol. The Kier molecular flexibility index (Phi) is 4.96. The van der Waals surface area contributed by atoms with Crippen molar-refractivity contribution >= 4 is 37.8 Å². The van der Waals surface area contributed by atoms with E-state index < -0.39 is 11.1 Å². The molecule has 0 spiro atoms. The van der Waals surface area contributed by atoms with Crippen molar-refractivity contribution in [3.8, 4) is 0 Å². The fourth-order valence-electron chi connectivity index (χ4n) is 1.30. The van der Waals surface area contributed by atoms with Gasteiger partial charge in [0, 0.05) is 4.47 Å². The molecule has 0 aliphatic carbocycles. The number of hydrogen-bond acceptors (Lipinski definition) is 1. The summed E-state index contributed by atoms with van der Waals surface area (Å²) in [6, 6.07) is 11.0. The van der Waals surface area contributed by atoms with Gasteiger partial charge in [0.05, 0.1) is 4.90 Å². The van der Waals surface area contributed by atoms with Crippen LogP contribution in [0.5, 0.6) is 0 Å². The van der Waals surface area contributed by atoms with Gasteiger partial charge in [0.1, 0.15) is 0 Å². The minimum absolute atomic E-state index is 0. The van der Waals surface area contributed by atoms with Gasteiger partial charge in [0.2, 0.25) is 0 Å². The van der Waals surface area contributed by atoms with Crippen molar-refractivity contribution in [2.45, 2.75) is 4.90 Å². The smallest absolute Gasteiger partial charge is 1.00 e. The first-order valence-corrected chi connectivity index (χ1v) is 5.87. The second-order valence-corrected chi connectivity index (χ2v) is 4.79. The van der Waals surface area contributed by atoms with E-state index in [2.05, 4.69) is 15.9 Å².